The highest BCUT2D eigenvalue weighted by Gasteiger charge is 2.20. The number of carbonyl (C=O) groups excluding carboxylic acids is 1. The molecular formula is C27H21F2N5O3S. The van der Waals surface area contributed by atoms with Crippen LogP contribution < -0.4 is 16.4 Å². The van der Waals surface area contributed by atoms with Gasteiger partial charge in [-0.3, -0.25) is 23.6 Å². The summed E-state index contributed by atoms with van der Waals surface area (Å²) in [5.74, 6) is -2.49. The average molecular weight is 534 g/mol. The summed E-state index contributed by atoms with van der Waals surface area (Å²) in [5.41, 5.74) is 0.522. The van der Waals surface area contributed by atoms with E-state index in [0.29, 0.717) is 23.0 Å². The van der Waals surface area contributed by atoms with Crippen molar-refractivity contribution in [2.24, 2.45) is 7.05 Å². The van der Waals surface area contributed by atoms with E-state index in [1.165, 1.54) is 4.68 Å². The first kappa shape index (κ1) is 25.2. The fourth-order valence-corrected chi connectivity index (χ4v) is 4.91. The van der Waals surface area contributed by atoms with E-state index >= 15 is 0 Å². The Bertz CT molecular complexity index is 1810. The van der Waals surface area contributed by atoms with E-state index in [0.717, 1.165) is 28.5 Å². The Morgan fingerprint density at radius 2 is 1.68 bits per heavy atom. The van der Waals surface area contributed by atoms with Crippen molar-refractivity contribution < 1.29 is 13.6 Å². The Morgan fingerprint density at radius 1 is 0.974 bits per heavy atom. The number of para-hydroxylation sites is 2. The predicted octanol–water partition coefficient (Wildman–Crippen LogP) is 4.19. The lowest BCUT2D eigenvalue weighted by atomic mass is 10.2. The van der Waals surface area contributed by atoms with Gasteiger partial charge in [0.25, 0.3) is 11.1 Å². The maximum absolute atomic E-state index is 14.7. The lowest BCUT2D eigenvalue weighted by molar-refractivity contribution is -0.113. The van der Waals surface area contributed by atoms with Gasteiger partial charge in [0.05, 0.1) is 33.7 Å². The van der Waals surface area contributed by atoms with Crippen molar-refractivity contribution in [3.05, 3.63) is 111 Å². The Labute approximate surface area is 219 Å². The highest BCUT2D eigenvalue weighted by molar-refractivity contribution is 7.99. The summed E-state index contributed by atoms with van der Waals surface area (Å²) in [7, 11) is 1.71. The van der Waals surface area contributed by atoms with E-state index in [9.17, 15) is 23.2 Å². The fraction of sp³-hybridized carbons (Fsp3) is 0.111. The van der Waals surface area contributed by atoms with Crippen LogP contribution in [0.1, 0.15) is 5.69 Å². The minimum atomic E-state index is -0.947. The molecule has 0 unspecified atom stereocenters. The third-order valence-electron chi connectivity index (χ3n) is 6.05. The van der Waals surface area contributed by atoms with E-state index in [2.05, 4.69) is 10.3 Å². The van der Waals surface area contributed by atoms with Gasteiger partial charge in [0, 0.05) is 13.1 Å². The molecule has 3 aromatic carbocycles. The van der Waals surface area contributed by atoms with Gasteiger partial charge in [-0.1, -0.05) is 42.1 Å². The fourth-order valence-electron chi connectivity index (χ4n) is 4.10. The summed E-state index contributed by atoms with van der Waals surface area (Å²) in [6.07, 6.45) is 0. The zero-order valence-electron chi connectivity index (χ0n) is 20.3. The lowest BCUT2D eigenvalue weighted by Gasteiger charge is -2.14. The summed E-state index contributed by atoms with van der Waals surface area (Å²) in [5, 5.41) is 2.94. The minimum Gasteiger partial charge on any atom is -0.319 e. The zero-order valence-corrected chi connectivity index (χ0v) is 21.1. The molecule has 1 amide bonds. The van der Waals surface area contributed by atoms with Crippen LogP contribution in [0.25, 0.3) is 22.3 Å². The molecule has 38 heavy (non-hydrogen) atoms. The molecule has 2 heterocycles. The molecule has 0 bridgehead atoms. The number of carbonyl (C=O) groups is 1. The van der Waals surface area contributed by atoms with Gasteiger partial charge in [0.1, 0.15) is 17.3 Å². The molecule has 2 aromatic heterocycles. The van der Waals surface area contributed by atoms with Crippen molar-refractivity contribution >= 4 is 34.3 Å². The number of aromatic nitrogens is 4. The molecule has 0 saturated heterocycles. The first-order valence-corrected chi connectivity index (χ1v) is 12.5. The van der Waals surface area contributed by atoms with Crippen molar-refractivity contribution in [2.45, 2.75) is 12.1 Å². The number of thioether (sulfide) groups is 1. The van der Waals surface area contributed by atoms with Gasteiger partial charge in [0.2, 0.25) is 5.91 Å². The average Bonchev–Trinajstić information content (AvgIpc) is 3.11. The number of benzene rings is 3. The maximum Gasteiger partial charge on any atom is 0.295 e. The van der Waals surface area contributed by atoms with E-state index in [4.69, 9.17) is 0 Å². The molecule has 0 fully saturated rings. The number of amides is 1. The third kappa shape index (κ3) is 4.52. The number of rotatable bonds is 6. The number of halogens is 2. The molecule has 0 atom stereocenters. The molecule has 0 aliphatic heterocycles. The van der Waals surface area contributed by atoms with Crippen LogP contribution >= 0.6 is 11.8 Å². The Hall–Kier alpha value is -4.51. The highest BCUT2D eigenvalue weighted by Crippen LogP contribution is 2.24. The molecule has 5 aromatic rings. The largest absolute Gasteiger partial charge is 0.319 e. The van der Waals surface area contributed by atoms with Crippen LogP contribution in [0.4, 0.5) is 14.5 Å². The monoisotopic (exact) mass is 533 g/mol. The number of fused-ring (bicyclic) bond motifs is 1. The Balaban J connectivity index is 1.47. The molecule has 1 N–H and O–H groups in total. The van der Waals surface area contributed by atoms with Gasteiger partial charge in [-0.05, 0) is 43.3 Å². The lowest BCUT2D eigenvalue weighted by Crippen LogP contribution is -2.25. The predicted molar refractivity (Wildman–Crippen MR) is 142 cm³/mol. The molecule has 5 rings (SSSR count). The number of hydrogen-bond acceptors (Lipinski definition) is 5. The van der Waals surface area contributed by atoms with E-state index in [1.807, 2.05) is 6.07 Å². The molecule has 0 saturated carbocycles. The quantitative estimate of drug-likeness (QED) is 0.261. The molecule has 0 radical (unpaired) electrons. The number of hydrogen-bond donors (Lipinski definition) is 1. The molecule has 0 spiro atoms. The van der Waals surface area contributed by atoms with Gasteiger partial charge >= 0.3 is 0 Å². The van der Waals surface area contributed by atoms with Gasteiger partial charge < -0.3 is 5.32 Å². The van der Waals surface area contributed by atoms with Crippen LogP contribution in [-0.4, -0.2) is 30.6 Å². The van der Waals surface area contributed by atoms with Crippen molar-refractivity contribution in [3.63, 3.8) is 0 Å². The molecule has 0 aliphatic carbocycles. The van der Waals surface area contributed by atoms with Crippen LogP contribution in [0.3, 0.4) is 0 Å². The van der Waals surface area contributed by atoms with E-state index in [-0.39, 0.29) is 27.7 Å². The van der Waals surface area contributed by atoms with Crippen molar-refractivity contribution in [3.8, 4) is 11.4 Å². The van der Waals surface area contributed by atoms with Crippen LogP contribution in [0.5, 0.6) is 0 Å². The van der Waals surface area contributed by atoms with Crippen molar-refractivity contribution in [2.75, 3.05) is 11.1 Å². The smallest absolute Gasteiger partial charge is 0.295 e. The van der Waals surface area contributed by atoms with Crippen LogP contribution in [-0.2, 0) is 11.8 Å². The van der Waals surface area contributed by atoms with E-state index < -0.39 is 28.7 Å². The van der Waals surface area contributed by atoms with Crippen LogP contribution in [0.2, 0.25) is 0 Å². The normalized spacial score (nSPS) is 11.2. The number of nitrogens with zero attached hydrogens (tertiary/aromatic N) is 4. The second-order valence-corrected chi connectivity index (χ2v) is 9.36. The second kappa shape index (κ2) is 10.1. The van der Waals surface area contributed by atoms with Gasteiger partial charge in [-0.2, -0.15) is 0 Å². The van der Waals surface area contributed by atoms with Gasteiger partial charge in [-0.15, -0.1) is 0 Å². The zero-order chi connectivity index (χ0) is 27.0. The Kier molecular flexibility index (Phi) is 6.68. The first-order chi connectivity index (χ1) is 18.3. The number of anilines is 1. The second-order valence-electron chi connectivity index (χ2n) is 8.42. The topological polar surface area (TPSA) is 90.9 Å². The standard InChI is InChI=1S/C27H21F2N5O3S/c1-16-24(26(37)34(32(16)2)18-8-4-3-5-9-18)31-23(35)15-38-27-30-21-11-7-6-10-19(21)25(36)33(27)22-13-12-17(28)14-20(22)29/h3-14H,15H2,1-2H3,(H,31,35). The number of nitrogens with one attached hydrogen (secondary N) is 1. The van der Waals surface area contributed by atoms with E-state index in [1.54, 1.807) is 67.2 Å². The molecular weight excluding hydrogens is 512 g/mol. The molecule has 0 aliphatic rings. The first-order valence-electron chi connectivity index (χ1n) is 11.5. The Morgan fingerprint density at radius 3 is 2.42 bits per heavy atom. The summed E-state index contributed by atoms with van der Waals surface area (Å²) in [6, 6.07) is 18.4. The molecule has 192 valence electrons. The van der Waals surface area contributed by atoms with Gasteiger partial charge in [0.15, 0.2) is 5.16 Å². The molecule has 8 nitrogen and oxygen atoms in total. The van der Waals surface area contributed by atoms with Crippen molar-refractivity contribution in [1.82, 2.24) is 18.9 Å². The molecule has 11 heteroatoms. The third-order valence-corrected chi connectivity index (χ3v) is 6.99. The highest BCUT2D eigenvalue weighted by atomic mass is 32.2. The minimum absolute atomic E-state index is 0.0424. The maximum atomic E-state index is 14.7. The van der Waals surface area contributed by atoms with Crippen LogP contribution in [0, 0.1) is 18.6 Å². The SMILES string of the molecule is Cc1c(NC(=O)CSc2nc3ccccc3c(=O)n2-c2ccc(F)cc2F)c(=O)n(-c2ccccc2)n1C. The van der Waals surface area contributed by atoms with Crippen molar-refractivity contribution in [1.29, 1.82) is 0 Å². The summed E-state index contributed by atoms with van der Waals surface area (Å²) in [6.45, 7) is 1.71. The summed E-state index contributed by atoms with van der Waals surface area (Å²) >= 11 is 0.894. The van der Waals surface area contributed by atoms with Gasteiger partial charge in [-0.25, -0.2) is 18.4 Å². The van der Waals surface area contributed by atoms with Crippen LogP contribution in [0.15, 0.2) is 87.5 Å². The summed E-state index contributed by atoms with van der Waals surface area (Å²) < 4.78 is 32.3. The summed E-state index contributed by atoms with van der Waals surface area (Å²) in [4.78, 5) is 43.8.